The molecule has 2 atom stereocenters. The van der Waals surface area contributed by atoms with Crippen molar-refractivity contribution in [2.45, 2.75) is 74.1 Å². The third-order valence-electron chi connectivity index (χ3n) is 3.81. The summed E-state index contributed by atoms with van der Waals surface area (Å²) < 4.78 is 0. The van der Waals surface area contributed by atoms with E-state index in [-0.39, 0.29) is 0 Å². The largest absolute Gasteiger partial charge is 0.0656 e. The minimum atomic E-state index is 0.606. The van der Waals surface area contributed by atoms with Gasteiger partial charge in [0.15, 0.2) is 0 Å². The van der Waals surface area contributed by atoms with Crippen molar-refractivity contribution in [2.24, 2.45) is 23.2 Å². The van der Waals surface area contributed by atoms with Gasteiger partial charge >= 0.3 is 0 Å². The van der Waals surface area contributed by atoms with E-state index in [0.29, 0.717) is 5.41 Å². The molecule has 0 saturated heterocycles. The summed E-state index contributed by atoms with van der Waals surface area (Å²) in [7, 11) is 0. The highest BCUT2D eigenvalue weighted by Crippen LogP contribution is 2.50. The lowest BCUT2D eigenvalue weighted by molar-refractivity contribution is 0.154. The number of hydrogen-bond acceptors (Lipinski definition) is 0. The third kappa shape index (κ3) is 4.17. The van der Waals surface area contributed by atoms with Crippen LogP contribution >= 0.6 is 0 Å². The van der Waals surface area contributed by atoms with Crippen LogP contribution in [0.5, 0.6) is 0 Å². The quantitative estimate of drug-likeness (QED) is 0.565. The Morgan fingerprint density at radius 3 is 1.87 bits per heavy atom. The summed E-state index contributed by atoms with van der Waals surface area (Å²) in [4.78, 5) is 0. The highest BCUT2D eigenvalue weighted by Gasteiger charge is 2.42. The Kier molecular flexibility index (Phi) is 6.55. The van der Waals surface area contributed by atoms with Crippen LogP contribution in [0.15, 0.2) is 0 Å². The van der Waals surface area contributed by atoms with E-state index >= 15 is 0 Å². The van der Waals surface area contributed by atoms with Gasteiger partial charge in [-0.05, 0) is 36.0 Å². The fourth-order valence-corrected chi connectivity index (χ4v) is 3.45. The summed E-state index contributed by atoms with van der Waals surface area (Å²) in [6.07, 6.45) is 5.53. The Morgan fingerprint density at radius 2 is 1.60 bits per heavy atom. The molecule has 0 aliphatic heterocycles. The van der Waals surface area contributed by atoms with E-state index in [1.54, 1.807) is 0 Å². The fourth-order valence-electron chi connectivity index (χ4n) is 3.45. The van der Waals surface area contributed by atoms with Gasteiger partial charge in [-0.25, -0.2) is 0 Å². The van der Waals surface area contributed by atoms with Gasteiger partial charge in [-0.15, -0.1) is 0 Å². The van der Waals surface area contributed by atoms with Crippen LogP contribution in [0.4, 0.5) is 0 Å². The fraction of sp³-hybridized carbons (Fsp3) is 1.00. The lowest BCUT2D eigenvalue weighted by Crippen LogP contribution is -2.26. The molecule has 0 N–H and O–H groups in total. The SMILES string of the molecule is CCC.CC[C@H]1CCC(C)(C)[C@H]1C(C)C. The molecule has 1 aliphatic rings. The van der Waals surface area contributed by atoms with Gasteiger partial charge in [0.25, 0.3) is 0 Å². The molecule has 0 aromatic rings. The van der Waals surface area contributed by atoms with Crippen LogP contribution in [-0.2, 0) is 0 Å². The molecule has 0 spiro atoms. The average Bonchev–Trinajstić information content (AvgIpc) is 2.41. The van der Waals surface area contributed by atoms with E-state index in [9.17, 15) is 0 Å². The van der Waals surface area contributed by atoms with Crippen LogP contribution in [0.25, 0.3) is 0 Å². The highest BCUT2D eigenvalue weighted by atomic mass is 14.5. The highest BCUT2D eigenvalue weighted by molar-refractivity contribution is 4.91. The predicted octanol–water partition coefficient (Wildman–Crippen LogP) is 5.52. The lowest BCUT2D eigenvalue weighted by Gasteiger charge is -2.33. The molecule has 0 radical (unpaired) electrons. The summed E-state index contributed by atoms with van der Waals surface area (Å²) in [5.74, 6) is 2.83. The maximum atomic E-state index is 2.45. The Balaban J connectivity index is 0.000000583. The van der Waals surface area contributed by atoms with E-state index < -0.39 is 0 Å². The Hall–Kier alpha value is 0. The topological polar surface area (TPSA) is 0 Å². The van der Waals surface area contributed by atoms with Gasteiger partial charge in [-0.3, -0.25) is 0 Å². The number of hydrogen-bond donors (Lipinski definition) is 0. The van der Waals surface area contributed by atoms with Gasteiger partial charge in [0.05, 0.1) is 0 Å². The standard InChI is InChI=1S/C12H24.C3H8/c1-6-10-7-8-12(4,5)11(10)9(2)3;1-3-2/h9-11H,6-8H2,1-5H3;3H2,1-2H3/t10-,11-;/m0./s1. The second kappa shape index (κ2) is 6.55. The molecule has 1 rings (SSSR count). The monoisotopic (exact) mass is 212 g/mol. The molecule has 15 heavy (non-hydrogen) atoms. The Labute approximate surface area is 97.8 Å². The molecular weight excluding hydrogens is 180 g/mol. The second-order valence-electron chi connectivity index (χ2n) is 6.17. The lowest BCUT2D eigenvalue weighted by atomic mass is 9.72. The van der Waals surface area contributed by atoms with E-state index in [4.69, 9.17) is 0 Å². The van der Waals surface area contributed by atoms with E-state index in [1.807, 2.05) is 0 Å². The van der Waals surface area contributed by atoms with Crippen LogP contribution in [-0.4, -0.2) is 0 Å². The minimum Gasteiger partial charge on any atom is -0.0656 e. The summed E-state index contributed by atoms with van der Waals surface area (Å²) in [5.41, 5.74) is 0.606. The zero-order valence-electron chi connectivity index (χ0n) is 12.1. The van der Waals surface area contributed by atoms with Crippen LogP contribution in [0.3, 0.4) is 0 Å². The molecule has 0 nitrogen and oxygen atoms in total. The predicted molar refractivity (Wildman–Crippen MR) is 71.1 cm³/mol. The van der Waals surface area contributed by atoms with E-state index in [0.717, 1.165) is 17.8 Å². The van der Waals surface area contributed by atoms with Crippen molar-refractivity contribution in [2.75, 3.05) is 0 Å². The van der Waals surface area contributed by atoms with Gasteiger partial charge in [0.1, 0.15) is 0 Å². The summed E-state index contributed by atoms with van der Waals surface area (Å²) in [6.45, 7) is 16.3. The van der Waals surface area contributed by atoms with Crippen LogP contribution < -0.4 is 0 Å². The van der Waals surface area contributed by atoms with Gasteiger partial charge in [-0.2, -0.15) is 0 Å². The van der Waals surface area contributed by atoms with Crippen LogP contribution in [0.1, 0.15) is 74.1 Å². The van der Waals surface area contributed by atoms with Crippen LogP contribution in [0.2, 0.25) is 0 Å². The molecule has 1 saturated carbocycles. The first kappa shape index (κ1) is 15.0. The third-order valence-corrected chi connectivity index (χ3v) is 3.81. The first-order valence-electron chi connectivity index (χ1n) is 6.90. The Morgan fingerprint density at radius 1 is 1.13 bits per heavy atom. The molecule has 0 amide bonds. The van der Waals surface area contributed by atoms with Crippen molar-refractivity contribution in [1.29, 1.82) is 0 Å². The van der Waals surface area contributed by atoms with Crippen molar-refractivity contribution >= 4 is 0 Å². The van der Waals surface area contributed by atoms with Crippen molar-refractivity contribution in [3.63, 3.8) is 0 Å². The molecule has 0 heteroatoms. The van der Waals surface area contributed by atoms with E-state index in [1.165, 1.54) is 25.7 Å². The van der Waals surface area contributed by atoms with Crippen molar-refractivity contribution < 1.29 is 0 Å². The minimum absolute atomic E-state index is 0.606. The van der Waals surface area contributed by atoms with Gasteiger partial charge < -0.3 is 0 Å². The smallest absolute Gasteiger partial charge is 0.0311 e. The second-order valence-corrected chi connectivity index (χ2v) is 6.17. The molecule has 0 bridgehead atoms. The molecule has 0 aromatic carbocycles. The van der Waals surface area contributed by atoms with Crippen LogP contribution in [0, 0.1) is 23.2 Å². The molecule has 92 valence electrons. The van der Waals surface area contributed by atoms with Gasteiger partial charge in [0, 0.05) is 0 Å². The van der Waals surface area contributed by atoms with Crippen molar-refractivity contribution in [3.8, 4) is 0 Å². The molecular formula is C15H32. The first-order valence-corrected chi connectivity index (χ1v) is 6.90. The maximum absolute atomic E-state index is 2.45. The van der Waals surface area contributed by atoms with Crippen molar-refractivity contribution in [3.05, 3.63) is 0 Å². The van der Waals surface area contributed by atoms with Crippen molar-refractivity contribution in [1.82, 2.24) is 0 Å². The zero-order valence-corrected chi connectivity index (χ0v) is 12.1. The van der Waals surface area contributed by atoms with Gasteiger partial charge in [-0.1, -0.05) is 61.3 Å². The first-order chi connectivity index (χ1) is 6.90. The number of rotatable bonds is 2. The molecule has 1 fully saturated rings. The average molecular weight is 212 g/mol. The Bertz CT molecular complexity index is 155. The normalized spacial score (nSPS) is 28.8. The molecule has 0 aromatic heterocycles. The zero-order chi connectivity index (χ0) is 12.1. The molecule has 1 aliphatic carbocycles. The van der Waals surface area contributed by atoms with E-state index in [2.05, 4.69) is 48.5 Å². The summed E-state index contributed by atoms with van der Waals surface area (Å²) in [5, 5.41) is 0. The van der Waals surface area contributed by atoms with Gasteiger partial charge in [0.2, 0.25) is 0 Å². The molecule has 0 heterocycles. The summed E-state index contributed by atoms with van der Waals surface area (Å²) in [6, 6.07) is 0. The molecule has 0 unspecified atom stereocenters. The summed E-state index contributed by atoms with van der Waals surface area (Å²) >= 11 is 0. The maximum Gasteiger partial charge on any atom is -0.0311 e.